The normalized spacial score (nSPS) is 23.2. The van der Waals surface area contributed by atoms with Gasteiger partial charge in [0.1, 0.15) is 6.07 Å². The molecule has 1 heterocycles. The highest BCUT2D eigenvalue weighted by Crippen LogP contribution is 2.29. The predicted molar refractivity (Wildman–Crippen MR) is 74.6 cm³/mol. The van der Waals surface area contributed by atoms with Gasteiger partial charge in [-0.3, -0.25) is 0 Å². The highest BCUT2D eigenvalue weighted by Gasteiger charge is 2.31. The molecule has 1 aliphatic rings. The maximum absolute atomic E-state index is 9.26. The van der Waals surface area contributed by atoms with Crippen molar-refractivity contribution in [2.24, 2.45) is 5.92 Å². The Morgan fingerprint density at radius 2 is 2.11 bits per heavy atom. The van der Waals surface area contributed by atoms with E-state index in [0.717, 1.165) is 30.9 Å². The third-order valence-corrected chi connectivity index (χ3v) is 3.59. The van der Waals surface area contributed by atoms with Crippen LogP contribution in [0.15, 0.2) is 24.3 Å². The summed E-state index contributed by atoms with van der Waals surface area (Å²) in [6.07, 6.45) is 0. The number of hydrogen-bond acceptors (Lipinski definition) is 3. The fraction of sp³-hybridized carbons (Fsp3) is 0.533. The van der Waals surface area contributed by atoms with Crippen LogP contribution in [-0.2, 0) is 0 Å². The number of nitriles is 1. The van der Waals surface area contributed by atoms with Crippen LogP contribution in [0.2, 0.25) is 0 Å². The molecule has 1 aromatic carbocycles. The molecule has 0 bridgehead atoms. The van der Waals surface area contributed by atoms with E-state index in [2.05, 4.69) is 43.1 Å². The molecule has 1 unspecified atom stereocenters. The Bertz CT molecular complexity index is 459. The molecule has 0 spiro atoms. The standard InChI is InChI=1S/C15H21N3/c1-12-9-17-11-15(2,3)18(10-12)14-7-5-4-6-13(14)8-16/h4-7,12,17H,9-11H2,1-3H3. The van der Waals surface area contributed by atoms with Gasteiger partial charge in [-0.15, -0.1) is 0 Å². The van der Waals surface area contributed by atoms with Gasteiger partial charge in [0, 0.05) is 18.6 Å². The van der Waals surface area contributed by atoms with Gasteiger partial charge in [-0.2, -0.15) is 5.26 Å². The van der Waals surface area contributed by atoms with Crippen LogP contribution in [0, 0.1) is 17.2 Å². The summed E-state index contributed by atoms with van der Waals surface area (Å²) in [6, 6.07) is 10.2. The van der Waals surface area contributed by atoms with Crippen molar-refractivity contribution in [3.05, 3.63) is 29.8 Å². The highest BCUT2D eigenvalue weighted by atomic mass is 15.2. The van der Waals surface area contributed by atoms with Gasteiger partial charge >= 0.3 is 0 Å². The molecular weight excluding hydrogens is 222 g/mol. The van der Waals surface area contributed by atoms with Crippen molar-refractivity contribution in [1.29, 1.82) is 5.26 Å². The van der Waals surface area contributed by atoms with Crippen molar-refractivity contribution < 1.29 is 0 Å². The summed E-state index contributed by atoms with van der Waals surface area (Å²) in [7, 11) is 0. The third-order valence-electron chi connectivity index (χ3n) is 3.59. The molecule has 1 atom stereocenters. The van der Waals surface area contributed by atoms with Gasteiger partial charge in [-0.1, -0.05) is 19.1 Å². The molecule has 1 saturated heterocycles. The van der Waals surface area contributed by atoms with Crippen molar-refractivity contribution in [1.82, 2.24) is 5.32 Å². The van der Waals surface area contributed by atoms with E-state index < -0.39 is 0 Å². The van der Waals surface area contributed by atoms with Gasteiger partial charge in [0.2, 0.25) is 0 Å². The van der Waals surface area contributed by atoms with Crippen LogP contribution in [0.5, 0.6) is 0 Å². The molecule has 2 rings (SSSR count). The van der Waals surface area contributed by atoms with Crippen molar-refractivity contribution in [3.63, 3.8) is 0 Å². The van der Waals surface area contributed by atoms with Gasteiger partial charge in [0.25, 0.3) is 0 Å². The number of nitrogens with zero attached hydrogens (tertiary/aromatic N) is 2. The van der Waals surface area contributed by atoms with E-state index in [1.165, 1.54) is 0 Å². The number of benzene rings is 1. The van der Waals surface area contributed by atoms with Crippen LogP contribution in [0.4, 0.5) is 5.69 Å². The van der Waals surface area contributed by atoms with E-state index in [-0.39, 0.29) is 5.54 Å². The lowest BCUT2D eigenvalue weighted by atomic mass is 9.99. The maximum Gasteiger partial charge on any atom is 0.101 e. The second kappa shape index (κ2) is 4.99. The third kappa shape index (κ3) is 2.49. The summed E-state index contributed by atoms with van der Waals surface area (Å²) < 4.78 is 0. The number of hydrogen-bond donors (Lipinski definition) is 1. The van der Waals surface area contributed by atoms with Gasteiger partial charge < -0.3 is 10.2 Å². The molecule has 3 heteroatoms. The topological polar surface area (TPSA) is 39.1 Å². The Morgan fingerprint density at radius 1 is 1.39 bits per heavy atom. The van der Waals surface area contributed by atoms with Crippen molar-refractivity contribution in [2.75, 3.05) is 24.5 Å². The van der Waals surface area contributed by atoms with E-state index in [4.69, 9.17) is 0 Å². The Labute approximate surface area is 109 Å². The number of nitrogens with one attached hydrogen (secondary N) is 1. The average molecular weight is 243 g/mol. The first-order valence-corrected chi connectivity index (χ1v) is 6.52. The molecule has 3 nitrogen and oxygen atoms in total. The lowest BCUT2D eigenvalue weighted by Crippen LogP contribution is -2.49. The lowest BCUT2D eigenvalue weighted by molar-refractivity contribution is 0.460. The molecule has 1 fully saturated rings. The van der Waals surface area contributed by atoms with Crippen molar-refractivity contribution >= 4 is 5.69 Å². The molecule has 18 heavy (non-hydrogen) atoms. The van der Waals surface area contributed by atoms with Gasteiger partial charge in [-0.05, 0) is 38.4 Å². The summed E-state index contributed by atoms with van der Waals surface area (Å²) in [5, 5.41) is 12.8. The fourth-order valence-electron chi connectivity index (χ4n) is 2.57. The van der Waals surface area contributed by atoms with E-state index in [1.807, 2.05) is 18.2 Å². The van der Waals surface area contributed by atoms with E-state index in [0.29, 0.717) is 5.92 Å². The minimum Gasteiger partial charge on any atom is -0.364 e. The molecule has 1 N–H and O–H groups in total. The largest absolute Gasteiger partial charge is 0.364 e. The van der Waals surface area contributed by atoms with Crippen LogP contribution in [0.3, 0.4) is 0 Å². The van der Waals surface area contributed by atoms with Crippen LogP contribution in [0.1, 0.15) is 26.3 Å². The Morgan fingerprint density at radius 3 is 2.83 bits per heavy atom. The average Bonchev–Trinajstić information content (AvgIpc) is 2.48. The van der Waals surface area contributed by atoms with E-state index in [1.54, 1.807) is 0 Å². The molecule has 96 valence electrons. The number of anilines is 1. The maximum atomic E-state index is 9.26. The second-order valence-electron chi connectivity index (χ2n) is 5.79. The zero-order chi connectivity index (χ0) is 13.2. The Hall–Kier alpha value is -1.53. The molecule has 0 aliphatic carbocycles. The first-order valence-electron chi connectivity index (χ1n) is 6.52. The molecule has 0 amide bonds. The fourth-order valence-corrected chi connectivity index (χ4v) is 2.57. The monoisotopic (exact) mass is 243 g/mol. The SMILES string of the molecule is CC1CNCC(C)(C)N(c2ccccc2C#N)C1. The molecule has 0 saturated carbocycles. The van der Waals surface area contributed by atoms with Crippen molar-refractivity contribution in [2.45, 2.75) is 26.3 Å². The van der Waals surface area contributed by atoms with Crippen LogP contribution in [-0.4, -0.2) is 25.2 Å². The highest BCUT2D eigenvalue weighted by molar-refractivity contribution is 5.60. The van der Waals surface area contributed by atoms with E-state index in [9.17, 15) is 5.26 Å². The van der Waals surface area contributed by atoms with Gasteiger partial charge in [0.15, 0.2) is 0 Å². The van der Waals surface area contributed by atoms with Crippen LogP contribution >= 0.6 is 0 Å². The van der Waals surface area contributed by atoms with Gasteiger partial charge in [-0.25, -0.2) is 0 Å². The first-order chi connectivity index (χ1) is 8.54. The minimum atomic E-state index is 0.0255. The molecule has 1 aliphatic heterocycles. The zero-order valence-corrected chi connectivity index (χ0v) is 11.4. The lowest BCUT2D eigenvalue weighted by Gasteiger charge is -2.40. The molecule has 1 aromatic rings. The molecule has 0 radical (unpaired) electrons. The van der Waals surface area contributed by atoms with Crippen LogP contribution in [0.25, 0.3) is 0 Å². The summed E-state index contributed by atoms with van der Waals surface area (Å²) in [6.45, 7) is 9.67. The predicted octanol–water partition coefficient (Wildman–Crippen LogP) is 2.38. The summed E-state index contributed by atoms with van der Waals surface area (Å²) in [5.41, 5.74) is 1.85. The zero-order valence-electron chi connectivity index (χ0n) is 11.4. The number of rotatable bonds is 1. The summed E-state index contributed by atoms with van der Waals surface area (Å²) >= 11 is 0. The van der Waals surface area contributed by atoms with Crippen molar-refractivity contribution in [3.8, 4) is 6.07 Å². The number of para-hydroxylation sites is 1. The first kappa shape index (κ1) is 12.9. The molecule has 0 aromatic heterocycles. The smallest absolute Gasteiger partial charge is 0.101 e. The Kier molecular flexibility index (Phi) is 3.58. The minimum absolute atomic E-state index is 0.0255. The van der Waals surface area contributed by atoms with Crippen LogP contribution < -0.4 is 10.2 Å². The molecular formula is C15H21N3. The summed E-state index contributed by atoms with van der Waals surface area (Å²) in [4.78, 5) is 2.37. The Balaban J connectivity index is 2.42. The second-order valence-corrected chi connectivity index (χ2v) is 5.79. The van der Waals surface area contributed by atoms with Gasteiger partial charge in [0.05, 0.1) is 11.3 Å². The van der Waals surface area contributed by atoms with E-state index >= 15 is 0 Å². The quantitative estimate of drug-likeness (QED) is 0.823. The summed E-state index contributed by atoms with van der Waals surface area (Å²) in [5.74, 6) is 0.582.